The van der Waals surface area contributed by atoms with Gasteiger partial charge < -0.3 is 10.1 Å². The maximum Gasteiger partial charge on any atom is 0.123 e. The van der Waals surface area contributed by atoms with Crippen LogP contribution in [0, 0.1) is 0 Å². The predicted molar refractivity (Wildman–Crippen MR) is 88.7 cm³/mol. The highest BCUT2D eigenvalue weighted by Gasteiger charge is 2.07. The van der Waals surface area contributed by atoms with Gasteiger partial charge in [0.15, 0.2) is 0 Å². The minimum absolute atomic E-state index is 0.473. The summed E-state index contributed by atoms with van der Waals surface area (Å²) in [4.78, 5) is 0. The predicted octanol–water partition coefficient (Wildman–Crippen LogP) is 4.50. The Hall–Kier alpha value is -1.80. The summed E-state index contributed by atoms with van der Waals surface area (Å²) in [5, 5.41) is 3.35. The molecule has 2 nitrogen and oxygen atoms in total. The molecule has 0 radical (unpaired) electrons. The fraction of sp³-hybridized carbons (Fsp3) is 0.368. The molecule has 0 aromatic heterocycles. The molecule has 0 heterocycles. The van der Waals surface area contributed by atoms with Gasteiger partial charge >= 0.3 is 0 Å². The summed E-state index contributed by atoms with van der Waals surface area (Å²) in [7, 11) is 0. The van der Waals surface area contributed by atoms with Crippen molar-refractivity contribution in [1.82, 2.24) is 5.32 Å². The maximum atomic E-state index is 6.02. The van der Waals surface area contributed by atoms with E-state index in [1.165, 1.54) is 16.7 Å². The Morgan fingerprint density at radius 2 is 1.76 bits per heavy atom. The van der Waals surface area contributed by atoms with E-state index in [9.17, 15) is 0 Å². The van der Waals surface area contributed by atoms with Gasteiger partial charge in [-0.25, -0.2) is 0 Å². The van der Waals surface area contributed by atoms with Crippen molar-refractivity contribution in [3.8, 4) is 5.75 Å². The Bertz CT molecular complexity index is 563. The lowest BCUT2D eigenvalue weighted by atomic mass is 10.0. The van der Waals surface area contributed by atoms with E-state index in [1.807, 2.05) is 6.07 Å². The third-order valence-corrected chi connectivity index (χ3v) is 3.51. The fourth-order valence-electron chi connectivity index (χ4n) is 2.35. The molecule has 2 heteroatoms. The van der Waals surface area contributed by atoms with Crippen molar-refractivity contribution in [3.63, 3.8) is 0 Å². The summed E-state index contributed by atoms with van der Waals surface area (Å²) in [5.41, 5.74) is 3.78. The van der Waals surface area contributed by atoms with E-state index >= 15 is 0 Å². The summed E-state index contributed by atoms with van der Waals surface area (Å²) in [6, 6.07) is 16.9. The molecule has 0 bridgehead atoms. The van der Waals surface area contributed by atoms with Crippen molar-refractivity contribution in [3.05, 3.63) is 65.2 Å². The van der Waals surface area contributed by atoms with Gasteiger partial charge in [0.1, 0.15) is 12.4 Å². The standard InChI is InChI=1S/C19H25NO/c1-4-20-13-16-8-7-9-17(12-16)14-21-19-11-6-5-10-18(19)15(2)3/h5-12,15,20H,4,13-14H2,1-3H3. The zero-order valence-corrected chi connectivity index (χ0v) is 13.2. The second kappa shape index (κ2) is 7.84. The largest absolute Gasteiger partial charge is 0.489 e. The Balaban J connectivity index is 2.03. The Morgan fingerprint density at radius 3 is 2.52 bits per heavy atom. The Kier molecular flexibility index (Phi) is 5.82. The molecule has 2 rings (SSSR count). The summed E-state index contributed by atoms with van der Waals surface area (Å²) in [6.45, 7) is 9.02. The van der Waals surface area contributed by atoms with Gasteiger partial charge in [0, 0.05) is 6.54 Å². The molecular formula is C19H25NO. The van der Waals surface area contributed by atoms with Crippen LogP contribution >= 0.6 is 0 Å². The molecule has 0 aliphatic heterocycles. The second-order valence-electron chi connectivity index (χ2n) is 5.58. The summed E-state index contributed by atoms with van der Waals surface area (Å²) >= 11 is 0. The first kappa shape index (κ1) is 15.6. The van der Waals surface area contributed by atoms with Crippen molar-refractivity contribution in [2.45, 2.75) is 39.8 Å². The van der Waals surface area contributed by atoms with Crippen molar-refractivity contribution in [1.29, 1.82) is 0 Å². The molecule has 0 spiro atoms. The van der Waals surface area contributed by atoms with Crippen LogP contribution in [0.4, 0.5) is 0 Å². The van der Waals surface area contributed by atoms with E-state index in [2.05, 4.69) is 68.6 Å². The number of ether oxygens (including phenoxy) is 1. The van der Waals surface area contributed by atoms with Gasteiger partial charge in [-0.3, -0.25) is 0 Å². The van der Waals surface area contributed by atoms with Crippen LogP contribution in [-0.4, -0.2) is 6.54 Å². The summed E-state index contributed by atoms with van der Waals surface area (Å²) < 4.78 is 6.02. The van der Waals surface area contributed by atoms with E-state index in [0.29, 0.717) is 12.5 Å². The highest BCUT2D eigenvalue weighted by atomic mass is 16.5. The van der Waals surface area contributed by atoms with Gasteiger partial charge in [-0.2, -0.15) is 0 Å². The van der Waals surface area contributed by atoms with E-state index in [4.69, 9.17) is 4.74 Å². The monoisotopic (exact) mass is 283 g/mol. The molecule has 0 unspecified atom stereocenters. The van der Waals surface area contributed by atoms with Crippen LogP contribution in [0.25, 0.3) is 0 Å². The maximum absolute atomic E-state index is 6.02. The molecule has 0 fully saturated rings. The molecule has 0 amide bonds. The Labute approximate surface area is 128 Å². The number of benzene rings is 2. The number of hydrogen-bond donors (Lipinski definition) is 1. The summed E-state index contributed by atoms with van der Waals surface area (Å²) in [6.07, 6.45) is 0. The van der Waals surface area contributed by atoms with Crippen LogP contribution in [0.15, 0.2) is 48.5 Å². The number of nitrogens with one attached hydrogen (secondary N) is 1. The molecule has 0 aliphatic rings. The van der Waals surface area contributed by atoms with Gasteiger partial charge in [-0.15, -0.1) is 0 Å². The highest BCUT2D eigenvalue weighted by Crippen LogP contribution is 2.26. The third-order valence-electron chi connectivity index (χ3n) is 3.51. The number of rotatable bonds is 7. The number of para-hydroxylation sites is 1. The highest BCUT2D eigenvalue weighted by molar-refractivity contribution is 5.36. The lowest BCUT2D eigenvalue weighted by Gasteiger charge is -2.14. The topological polar surface area (TPSA) is 21.3 Å². The lowest BCUT2D eigenvalue weighted by molar-refractivity contribution is 0.301. The smallest absolute Gasteiger partial charge is 0.123 e. The van der Waals surface area contributed by atoms with Gasteiger partial charge in [0.25, 0.3) is 0 Å². The molecule has 0 saturated heterocycles. The lowest BCUT2D eigenvalue weighted by Crippen LogP contribution is -2.11. The minimum atomic E-state index is 0.473. The van der Waals surface area contributed by atoms with Crippen LogP contribution in [-0.2, 0) is 13.2 Å². The molecule has 2 aromatic carbocycles. The zero-order chi connectivity index (χ0) is 15.1. The molecule has 0 saturated carbocycles. The van der Waals surface area contributed by atoms with E-state index in [1.54, 1.807) is 0 Å². The average Bonchev–Trinajstić information content (AvgIpc) is 2.51. The van der Waals surface area contributed by atoms with Crippen molar-refractivity contribution < 1.29 is 4.74 Å². The molecule has 0 atom stereocenters. The molecule has 1 N–H and O–H groups in total. The van der Waals surface area contributed by atoms with Crippen LogP contribution in [0.3, 0.4) is 0 Å². The van der Waals surface area contributed by atoms with Crippen molar-refractivity contribution in [2.75, 3.05) is 6.54 Å². The average molecular weight is 283 g/mol. The molecule has 112 valence electrons. The number of hydrogen-bond acceptors (Lipinski definition) is 2. The van der Waals surface area contributed by atoms with Gasteiger partial charge in [-0.05, 0) is 35.2 Å². The van der Waals surface area contributed by atoms with Crippen LogP contribution < -0.4 is 10.1 Å². The first-order chi connectivity index (χ1) is 10.2. The van der Waals surface area contributed by atoms with Gasteiger partial charge in [-0.1, -0.05) is 63.2 Å². The third kappa shape index (κ3) is 4.61. The van der Waals surface area contributed by atoms with Crippen molar-refractivity contribution in [2.24, 2.45) is 0 Å². The SMILES string of the molecule is CCNCc1cccc(COc2ccccc2C(C)C)c1. The fourth-order valence-corrected chi connectivity index (χ4v) is 2.35. The second-order valence-corrected chi connectivity index (χ2v) is 5.58. The van der Waals surface area contributed by atoms with Crippen LogP contribution in [0.5, 0.6) is 5.75 Å². The Morgan fingerprint density at radius 1 is 1.00 bits per heavy atom. The molecule has 0 aliphatic carbocycles. The molecule has 2 aromatic rings. The van der Waals surface area contributed by atoms with Crippen molar-refractivity contribution >= 4 is 0 Å². The minimum Gasteiger partial charge on any atom is -0.489 e. The van der Waals surface area contributed by atoms with Gasteiger partial charge in [0.2, 0.25) is 0 Å². The quantitative estimate of drug-likeness (QED) is 0.808. The van der Waals surface area contributed by atoms with Gasteiger partial charge in [0.05, 0.1) is 0 Å². The molecule has 21 heavy (non-hydrogen) atoms. The zero-order valence-electron chi connectivity index (χ0n) is 13.2. The van der Waals surface area contributed by atoms with E-state index < -0.39 is 0 Å². The van der Waals surface area contributed by atoms with E-state index in [0.717, 1.165) is 18.8 Å². The summed E-state index contributed by atoms with van der Waals surface area (Å²) in [5.74, 6) is 1.46. The van der Waals surface area contributed by atoms with Crippen LogP contribution in [0.2, 0.25) is 0 Å². The first-order valence-electron chi connectivity index (χ1n) is 7.71. The van der Waals surface area contributed by atoms with Crippen LogP contribution in [0.1, 0.15) is 43.4 Å². The normalized spacial score (nSPS) is 10.9. The molecular weight excluding hydrogens is 258 g/mol. The first-order valence-corrected chi connectivity index (χ1v) is 7.71. The van der Waals surface area contributed by atoms with E-state index in [-0.39, 0.29) is 0 Å².